The number of para-hydroxylation sites is 1. The molecular formula is C30H29Cl2N5O3. The minimum Gasteiger partial charge on any atom is -0.345 e. The van der Waals surface area contributed by atoms with Crippen LogP contribution in [0.25, 0.3) is 11.4 Å². The topological polar surface area (TPSA) is 100 Å². The van der Waals surface area contributed by atoms with Crippen LogP contribution in [-0.4, -0.2) is 39.9 Å². The molecule has 3 aromatic carbocycles. The molecule has 0 saturated carbocycles. The normalized spacial score (nSPS) is 16.3. The molecule has 1 fully saturated rings. The van der Waals surface area contributed by atoms with Gasteiger partial charge in [0.05, 0.1) is 34.8 Å². The molecule has 0 radical (unpaired) electrons. The highest BCUT2D eigenvalue weighted by molar-refractivity contribution is 6.36. The Kier molecular flexibility index (Phi) is 8.79. The van der Waals surface area contributed by atoms with E-state index in [2.05, 4.69) is 25.7 Å². The van der Waals surface area contributed by atoms with E-state index in [0.29, 0.717) is 51.7 Å². The number of rotatable bonds is 8. The zero-order valence-corrected chi connectivity index (χ0v) is 23.5. The van der Waals surface area contributed by atoms with Crippen molar-refractivity contribution in [2.75, 3.05) is 18.4 Å². The Balaban J connectivity index is 1.21. The van der Waals surface area contributed by atoms with Crippen LogP contribution >= 0.6 is 23.2 Å². The van der Waals surface area contributed by atoms with Crippen molar-refractivity contribution < 1.29 is 14.1 Å². The van der Waals surface area contributed by atoms with Crippen LogP contribution in [-0.2, 0) is 11.3 Å². The number of benzene rings is 3. The minimum absolute atomic E-state index is 0.125. The summed E-state index contributed by atoms with van der Waals surface area (Å²) < 4.78 is 5.46. The number of likely N-dealkylation sites (tertiary alicyclic amines) is 1. The molecule has 40 heavy (non-hydrogen) atoms. The lowest BCUT2D eigenvalue weighted by molar-refractivity contribution is -0.121. The van der Waals surface area contributed by atoms with Gasteiger partial charge in [-0.1, -0.05) is 70.8 Å². The molecule has 1 aliphatic rings. The zero-order valence-electron chi connectivity index (χ0n) is 21.9. The number of nitrogens with zero attached hydrogens (tertiary/aromatic N) is 3. The highest BCUT2D eigenvalue weighted by atomic mass is 35.5. The molecule has 5 rings (SSSR count). The third-order valence-corrected chi connectivity index (χ3v) is 7.50. The summed E-state index contributed by atoms with van der Waals surface area (Å²) in [7, 11) is 0. The molecule has 1 aromatic heterocycles. The van der Waals surface area contributed by atoms with Gasteiger partial charge in [-0.2, -0.15) is 4.98 Å². The van der Waals surface area contributed by atoms with Gasteiger partial charge >= 0.3 is 0 Å². The number of piperidine rings is 1. The van der Waals surface area contributed by atoms with Crippen molar-refractivity contribution in [3.8, 4) is 11.4 Å². The van der Waals surface area contributed by atoms with Crippen molar-refractivity contribution in [3.63, 3.8) is 0 Å². The Morgan fingerprint density at radius 3 is 2.65 bits per heavy atom. The van der Waals surface area contributed by atoms with Gasteiger partial charge in [0.25, 0.3) is 5.91 Å². The molecule has 10 heteroatoms. The lowest BCUT2D eigenvalue weighted by Crippen LogP contribution is -2.40. The molecule has 0 bridgehead atoms. The Bertz CT molecular complexity index is 1490. The van der Waals surface area contributed by atoms with Crippen molar-refractivity contribution in [2.45, 2.75) is 32.4 Å². The summed E-state index contributed by atoms with van der Waals surface area (Å²) in [5, 5.41) is 11.0. The quantitative estimate of drug-likeness (QED) is 0.252. The summed E-state index contributed by atoms with van der Waals surface area (Å²) in [5.74, 6) is 0.211. The highest BCUT2D eigenvalue weighted by Crippen LogP contribution is 2.29. The first kappa shape index (κ1) is 27.8. The number of halogens is 2. The number of carbonyl (C=O) groups excluding carboxylic acids is 2. The van der Waals surface area contributed by atoms with Crippen molar-refractivity contribution in [1.29, 1.82) is 0 Å². The molecule has 0 spiro atoms. The second-order valence-electron chi connectivity index (χ2n) is 9.85. The van der Waals surface area contributed by atoms with E-state index in [0.717, 1.165) is 24.9 Å². The lowest BCUT2D eigenvalue weighted by atomic mass is 9.96. The van der Waals surface area contributed by atoms with E-state index in [4.69, 9.17) is 27.7 Å². The molecule has 1 aliphatic heterocycles. The third kappa shape index (κ3) is 6.70. The van der Waals surface area contributed by atoms with E-state index in [1.165, 1.54) is 0 Å². The van der Waals surface area contributed by atoms with E-state index < -0.39 is 0 Å². The van der Waals surface area contributed by atoms with Gasteiger partial charge in [0.1, 0.15) is 0 Å². The molecule has 1 saturated heterocycles. The monoisotopic (exact) mass is 577 g/mol. The lowest BCUT2D eigenvalue weighted by Gasteiger charge is -2.31. The first-order chi connectivity index (χ1) is 19.4. The SMILES string of the molecule is CC(NC(=O)c1ccccc1NC(=O)C1CCCN(Cc2nc(-c3ccc(Cl)cc3Cl)no2)C1)c1ccccc1. The molecule has 2 atom stereocenters. The summed E-state index contributed by atoms with van der Waals surface area (Å²) in [5.41, 5.74) is 2.55. The number of hydrogen-bond donors (Lipinski definition) is 2. The molecule has 0 aliphatic carbocycles. The van der Waals surface area contributed by atoms with Crippen LogP contribution in [0.3, 0.4) is 0 Å². The van der Waals surface area contributed by atoms with Crippen molar-refractivity contribution in [1.82, 2.24) is 20.4 Å². The van der Waals surface area contributed by atoms with Gasteiger partial charge in [-0.05, 0) is 62.2 Å². The second-order valence-corrected chi connectivity index (χ2v) is 10.7. The van der Waals surface area contributed by atoms with Crippen LogP contribution in [0.1, 0.15) is 47.6 Å². The fourth-order valence-corrected chi connectivity index (χ4v) is 5.32. The number of nitrogens with one attached hydrogen (secondary N) is 2. The molecule has 4 aromatic rings. The average Bonchev–Trinajstić information content (AvgIpc) is 3.41. The van der Waals surface area contributed by atoms with E-state index >= 15 is 0 Å². The fourth-order valence-electron chi connectivity index (χ4n) is 4.83. The Hall–Kier alpha value is -3.72. The van der Waals surface area contributed by atoms with Crippen molar-refractivity contribution in [2.24, 2.45) is 5.92 Å². The molecule has 206 valence electrons. The highest BCUT2D eigenvalue weighted by Gasteiger charge is 2.28. The standard InChI is InChI=1S/C30H29Cl2N5O3/c1-19(20-8-3-2-4-9-20)33-30(39)24-11-5-6-12-26(24)34-29(38)21-10-7-15-37(17-21)18-27-35-28(36-40-27)23-14-13-22(31)16-25(23)32/h2-6,8-9,11-14,16,19,21H,7,10,15,17-18H2,1H3,(H,33,39)(H,34,38). The van der Waals surface area contributed by atoms with E-state index in [1.807, 2.05) is 37.3 Å². The number of carbonyl (C=O) groups is 2. The molecular weight excluding hydrogens is 549 g/mol. The molecule has 2 amide bonds. The van der Waals surface area contributed by atoms with Gasteiger partial charge in [-0.25, -0.2) is 0 Å². The summed E-state index contributed by atoms with van der Waals surface area (Å²) in [6, 6.07) is 21.7. The summed E-state index contributed by atoms with van der Waals surface area (Å²) in [6.45, 7) is 3.68. The largest absolute Gasteiger partial charge is 0.345 e. The predicted molar refractivity (Wildman–Crippen MR) is 155 cm³/mol. The van der Waals surface area contributed by atoms with Gasteiger partial charge in [0, 0.05) is 17.1 Å². The summed E-state index contributed by atoms with van der Waals surface area (Å²) >= 11 is 12.3. The number of hydrogen-bond acceptors (Lipinski definition) is 6. The smallest absolute Gasteiger partial charge is 0.253 e. The van der Waals surface area contributed by atoms with Crippen LogP contribution < -0.4 is 10.6 Å². The van der Waals surface area contributed by atoms with Gasteiger partial charge in [0.2, 0.25) is 17.6 Å². The first-order valence-electron chi connectivity index (χ1n) is 13.1. The molecule has 2 heterocycles. The van der Waals surface area contributed by atoms with Gasteiger partial charge in [-0.3, -0.25) is 14.5 Å². The minimum atomic E-state index is -0.249. The van der Waals surface area contributed by atoms with Crippen LogP contribution in [0.2, 0.25) is 10.0 Å². The van der Waals surface area contributed by atoms with Gasteiger partial charge < -0.3 is 15.2 Å². The van der Waals surface area contributed by atoms with Gasteiger partial charge in [-0.15, -0.1) is 0 Å². The molecule has 2 N–H and O–H groups in total. The Labute approximate surface area is 242 Å². The van der Waals surface area contributed by atoms with Crippen LogP contribution in [0.5, 0.6) is 0 Å². The van der Waals surface area contributed by atoms with E-state index in [9.17, 15) is 9.59 Å². The average molecular weight is 579 g/mol. The number of anilines is 1. The van der Waals surface area contributed by atoms with Crippen LogP contribution in [0.4, 0.5) is 5.69 Å². The maximum atomic E-state index is 13.3. The Morgan fingerprint density at radius 1 is 1.07 bits per heavy atom. The summed E-state index contributed by atoms with van der Waals surface area (Å²) in [4.78, 5) is 33.0. The molecule has 8 nitrogen and oxygen atoms in total. The maximum absolute atomic E-state index is 13.3. The third-order valence-electron chi connectivity index (χ3n) is 6.95. The summed E-state index contributed by atoms with van der Waals surface area (Å²) in [6.07, 6.45) is 1.59. The van der Waals surface area contributed by atoms with E-state index in [1.54, 1.807) is 42.5 Å². The van der Waals surface area contributed by atoms with Crippen molar-refractivity contribution in [3.05, 3.63) is 99.9 Å². The second kappa shape index (κ2) is 12.6. The number of aromatic nitrogens is 2. The van der Waals surface area contributed by atoms with Crippen molar-refractivity contribution >= 4 is 40.7 Å². The zero-order chi connectivity index (χ0) is 28.1. The first-order valence-corrected chi connectivity index (χ1v) is 13.9. The molecule has 2 unspecified atom stereocenters. The number of amides is 2. The van der Waals surface area contributed by atoms with Crippen LogP contribution in [0.15, 0.2) is 77.3 Å². The Morgan fingerprint density at radius 2 is 1.85 bits per heavy atom. The van der Waals surface area contributed by atoms with Crippen LogP contribution in [0, 0.1) is 5.92 Å². The maximum Gasteiger partial charge on any atom is 0.253 e. The predicted octanol–water partition coefficient (Wildman–Crippen LogP) is 6.39. The van der Waals surface area contributed by atoms with E-state index in [-0.39, 0.29) is 23.8 Å². The van der Waals surface area contributed by atoms with Gasteiger partial charge in [0.15, 0.2) is 0 Å². The fraction of sp³-hybridized carbons (Fsp3) is 0.267.